The van der Waals surface area contributed by atoms with Gasteiger partial charge in [0, 0.05) is 19.0 Å². The Labute approximate surface area is 120 Å². The molecule has 0 N–H and O–H groups in total. The number of rotatable bonds is 6. The highest BCUT2D eigenvalue weighted by Gasteiger charge is 2.27. The van der Waals surface area contributed by atoms with Crippen LogP contribution in [0.25, 0.3) is 0 Å². The first-order valence-corrected chi connectivity index (χ1v) is 6.62. The molecule has 6 heteroatoms. The van der Waals surface area contributed by atoms with Gasteiger partial charge in [0.1, 0.15) is 11.4 Å². The molecule has 0 bridgehead atoms. The van der Waals surface area contributed by atoms with Crippen molar-refractivity contribution in [2.45, 2.75) is 59.1 Å². The molecule has 0 radical (unpaired) electrons. The van der Waals surface area contributed by atoms with E-state index in [9.17, 15) is 14.4 Å². The number of ether oxygens (including phenoxy) is 2. The predicted octanol–water partition coefficient (Wildman–Crippen LogP) is 2.15. The first kappa shape index (κ1) is 18.4. The third-order valence-electron chi connectivity index (χ3n) is 2.55. The van der Waals surface area contributed by atoms with Crippen molar-refractivity contribution >= 4 is 17.8 Å². The number of carbonyl (C=O) groups is 3. The maximum Gasteiger partial charge on any atom is 0.410 e. The lowest BCUT2D eigenvalue weighted by Crippen LogP contribution is -2.44. The van der Waals surface area contributed by atoms with Gasteiger partial charge in [0.15, 0.2) is 0 Å². The molecule has 1 amide bonds. The molecule has 0 rings (SSSR count). The number of hydrogen-bond donors (Lipinski definition) is 0. The Morgan fingerprint density at radius 3 is 2.15 bits per heavy atom. The molecule has 0 heterocycles. The molecule has 0 fully saturated rings. The van der Waals surface area contributed by atoms with Crippen LogP contribution in [0.2, 0.25) is 0 Å². The zero-order valence-corrected chi connectivity index (χ0v) is 13.2. The summed E-state index contributed by atoms with van der Waals surface area (Å²) in [6.45, 7) is 8.69. The van der Waals surface area contributed by atoms with Gasteiger partial charge < -0.3 is 14.4 Å². The largest absolute Gasteiger partial charge is 0.469 e. The second-order valence-electron chi connectivity index (χ2n) is 5.76. The van der Waals surface area contributed by atoms with Gasteiger partial charge in [-0.1, -0.05) is 0 Å². The van der Waals surface area contributed by atoms with E-state index in [-0.39, 0.29) is 25.2 Å². The van der Waals surface area contributed by atoms with Crippen molar-refractivity contribution in [1.29, 1.82) is 0 Å². The number of amides is 1. The molecule has 0 aromatic rings. The van der Waals surface area contributed by atoms with Gasteiger partial charge in [-0.3, -0.25) is 9.59 Å². The minimum Gasteiger partial charge on any atom is -0.469 e. The Balaban J connectivity index is 4.82. The number of hydrogen-bond acceptors (Lipinski definition) is 5. The van der Waals surface area contributed by atoms with Crippen LogP contribution in [0.3, 0.4) is 0 Å². The van der Waals surface area contributed by atoms with Crippen LogP contribution in [0.5, 0.6) is 0 Å². The lowest BCUT2D eigenvalue weighted by molar-refractivity contribution is -0.141. The highest BCUT2D eigenvalue weighted by atomic mass is 16.6. The average molecular weight is 287 g/mol. The molecule has 0 aromatic carbocycles. The van der Waals surface area contributed by atoms with E-state index in [4.69, 9.17) is 4.74 Å². The van der Waals surface area contributed by atoms with E-state index in [0.29, 0.717) is 0 Å². The number of Topliss-reactive ketones (excluding diaryl/α,β-unsaturated/α-hetero) is 1. The summed E-state index contributed by atoms with van der Waals surface area (Å²) < 4.78 is 9.88. The van der Waals surface area contributed by atoms with Crippen LogP contribution in [0.4, 0.5) is 4.79 Å². The Morgan fingerprint density at radius 1 is 1.20 bits per heavy atom. The minimum absolute atomic E-state index is 0.0242. The van der Waals surface area contributed by atoms with E-state index in [1.165, 1.54) is 18.9 Å². The molecule has 1 atom stereocenters. The normalized spacial score (nSPS) is 12.5. The Morgan fingerprint density at radius 2 is 1.75 bits per heavy atom. The van der Waals surface area contributed by atoms with Crippen LogP contribution in [-0.2, 0) is 19.1 Å². The summed E-state index contributed by atoms with van der Waals surface area (Å²) in [7, 11) is 1.29. The number of carbonyl (C=O) groups excluding carboxylic acids is 3. The van der Waals surface area contributed by atoms with Crippen molar-refractivity contribution in [2.24, 2.45) is 0 Å². The fraction of sp³-hybridized carbons (Fsp3) is 0.786. The molecule has 0 saturated carbocycles. The van der Waals surface area contributed by atoms with Crippen molar-refractivity contribution in [2.75, 3.05) is 13.7 Å². The fourth-order valence-corrected chi connectivity index (χ4v) is 1.52. The van der Waals surface area contributed by atoms with Crippen molar-refractivity contribution < 1.29 is 23.9 Å². The topological polar surface area (TPSA) is 72.9 Å². The van der Waals surface area contributed by atoms with E-state index in [1.807, 2.05) is 0 Å². The van der Waals surface area contributed by atoms with Crippen molar-refractivity contribution in [3.8, 4) is 0 Å². The lowest BCUT2D eigenvalue weighted by Gasteiger charge is -2.31. The molecular formula is C14H25NO5. The smallest absolute Gasteiger partial charge is 0.410 e. The molecule has 0 aliphatic carbocycles. The highest BCUT2D eigenvalue weighted by Crippen LogP contribution is 2.14. The van der Waals surface area contributed by atoms with Crippen LogP contribution >= 0.6 is 0 Å². The number of esters is 1. The summed E-state index contributed by atoms with van der Waals surface area (Å²) >= 11 is 0. The first-order chi connectivity index (χ1) is 9.06. The van der Waals surface area contributed by atoms with Gasteiger partial charge in [-0.2, -0.15) is 0 Å². The van der Waals surface area contributed by atoms with Gasteiger partial charge in [-0.05, 0) is 34.6 Å². The average Bonchev–Trinajstić information content (AvgIpc) is 2.25. The molecule has 0 aliphatic heterocycles. The van der Waals surface area contributed by atoms with Crippen LogP contribution in [-0.4, -0.2) is 48.0 Å². The predicted molar refractivity (Wildman–Crippen MR) is 74.3 cm³/mol. The molecular weight excluding hydrogens is 262 g/mol. The zero-order valence-electron chi connectivity index (χ0n) is 13.2. The van der Waals surface area contributed by atoms with E-state index < -0.39 is 23.7 Å². The summed E-state index contributed by atoms with van der Waals surface area (Å²) in [5.41, 5.74) is -0.628. The van der Waals surface area contributed by atoms with Gasteiger partial charge in [0.2, 0.25) is 0 Å². The van der Waals surface area contributed by atoms with Gasteiger partial charge in [-0.15, -0.1) is 0 Å². The molecule has 116 valence electrons. The van der Waals surface area contributed by atoms with Crippen molar-refractivity contribution in [3.63, 3.8) is 0 Å². The first-order valence-electron chi connectivity index (χ1n) is 6.62. The molecule has 0 spiro atoms. The SMILES string of the molecule is COC(=O)C[C@@H](C)N(CCC(C)=O)C(=O)OC(C)(C)C. The monoisotopic (exact) mass is 287 g/mol. The molecule has 0 aromatic heterocycles. The quantitative estimate of drug-likeness (QED) is 0.700. The molecule has 6 nitrogen and oxygen atoms in total. The number of ketones is 1. The van der Waals surface area contributed by atoms with Crippen LogP contribution in [0.1, 0.15) is 47.5 Å². The summed E-state index contributed by atoms with van der Waals surface area (Å²) in [6.07, 6.45) is -0.242. The number of methoxy groups -OCH3 is 1. The lowest BCUT2D eigenvalue weighted by atomic mass is 10.2. The summed E-state index contributed by atoms with van der Waals surface area (Å²) in [6, 6.07) is -0.392. The third kappa shape index (κ3) is 7.76. The van der Waals surface area contributed by atoms with Crippen LogP contribution < -0.4 is 0 Å². The van der Waals surface area contributed by atoms with E-state index in [2.05, 4.69) is 4.74 Å². The summed E-state index contributed by atoms with van der Waals surface area (Å²) in [4.78, 5) is 35.9. The Kier molecular flexibility index (Phi) is 7.24. The molecule has 20 heavy (non-hydrogen) atoms. The van der Waals surface area contributed by atoms with Gasteiger partial charge >= 0.3 is 12.1 Å². The second-order valence-corrected chi connectivity index (χ2v) is 5.76. The third-order valence-corrected chi connectivity index (χ3v) is 2.55. The Bertz CT molecular complexity index is 359. The van der Waals surface area contributed by atoms with Crippen LogP contribution in [0.15, 0.2) is 0 Å². The summed E-state index contributed by atoms with van der Waals surface area (Å²) in [5, 5.41) is 0. The van der Waals surface area contributed by atoms with Crippen molar-refractivity contribution in [3.05, 3.63) is 0 Å². The Hall–Kier alpha value is -1.59. The van der Waals surface area contributed by atoms with Gasteiger partial charge in [0.05, 0.1) is 13.5 Å². The maximum atomic E-state index is 12.1. The fourth-order valence-electron chi connectivity index (χ4n) is 1.52. The van der Waals surface area contributed by atoms with Gasteiger partial charge in [-0.25, -0.2) is 4.79 Å². The molecule has 0 unspecified atom stereocenters. The van der Waals surface area contributed by atoms with Crippen LogP contribution in [0, 0.1) is 0 Å². The van der Waals surface area contributed by atoms with Crippen molar-refractivity contribution in [1.82, 2.24) is 4.90 Å². The van der Waals surface area contributed by atoms with Gasteiger partial charge in [0.25, 0.3) is 0 Å². The summed E-state index contributed by atoms with van der Waals surface area (Å²) in [5.74, 6) is -0.433. The minimum atomic E-state index is -0.628. The number of nitrogens with zero attached hydrogens (tertiary/aromatic N) is 1. The molecule has 0 aliphatic rings. The highest BCUT2D eigenvalue weighted by molar-refractivity contribution is 5.77. The zero-order chi connectivity index (χ0) is 15.9. The second kappa shape index (κ2) is 7.87. The van der Waals surface area contributed by atoms with E-state index in [0.717, 1.165) is 0 Å². The molecule has 0 saturated heterocycles. The van der Waals surface area contributed by atoms with E-state index in [1.54, 1.807) is 27.7 Å². The van der Waals surface area contributed by atoms with E-state index >= 15 is 0 Å². The maximum absolute atomic E-state index is 12.1. The standard InChI is InChI=1S/C14H25NO5/c1-10(9-12(17)19-6)15(8-7-11(2)16)13(18)20-14(3,4)5/h10H,7-9H2,1-6H3/t10-/m1/s1.